The van der Waals surface area contributed by atoms with Gasteiger partial charge in [-0.2, -0.15) is 10.5 Å². The normalized spacial score (nSPS) is 13.6. The van der Waals surface area contributed by atoms with E-state index >= 15 is 19.2 Å². The molecule has 0 aliphatic carbocycles. The van der Waals surface area contributed by atoms with Gasteiger partial charge in [-0.25, -0.2) is 9.80 Å². The highest BCUT2D eigenvalue weighted by Crippen LogP contribution is 2.58. The Kier molecular flexibility index (Phi) is 13.5. The predicted molar refractivity (Wildman–Crippen MR) is 353 cm³/mol. The smallest absolute Gasteiger partial charge is 0.266 e. The van der Waals surface area contributed by atoms with Gasteiger partial charge in [0.15, 0.2) is 0 Å². The van der Waals surface area contributed by atoms with Gasteiger partial charge in [-0.15, -0.1) is 0 Å². The summed E-state index contributed by atoms with van der Waals surface area (Å²) in [6.45, 7) is 25.4. The molecule has 11 aromatic carbocycles. The van der Waals surface area contributed by atoms with Crippen LogP contribution in [0, 0.1) is 22.7 Å². The number of anilines is 2. The minimum atomic E-state index is -0.682. The molecule has 12 heteroatoms. The van der Waals surface area contributed by atoms with Crippen LogP contribution in [0.3, 0.4) is 0 Å². The molecule has 12 nitrogen and oxygen atoms in total. The highest BCUT2D eigenvalue weighted by molar-refractivity contribution is 6.48. The van der Waals surface area contributed by atoms with Crippen molar-refractivity contribution >= 4 is 78.1 Å². The Morgan fingerprint density at radius 2 is 0.533 bits per heavy atom. The molecule has 0 saturated carbocycles. The summed E-state index contributed by atoms with van der Waals surface area (Å²) < 4.78 is 29.0. The van der Waals surface area contributed by atoms with E-state index < -0.39 is 23.6 Å². The van der Waals surface area contributed by atoms with Gasteiger partial charge in [0.25, 0.3) is 23.6 Å². The summed E-state index contributed by atoms with van der Waals surface area (Å²) in [4.78, 5) is 65.4. The molecule has 444 valence electrons. The average Bonchev–Trinajstić information content (AvgIpc) is 0.676. The van der Waals surface area contributed by atoms with Gasteiger partial charge in [-0.3, -0.25) is 19.2 Å². The first-order valence-electron chi connectivity index (χ1n) is 30.0. The minimum absolute atomic E-state index is 0.101. The first-order chi connectivity index (χ1) is 42.7. The number of carbonyl (C=O) groups is 4. The third kappa shape index (κ3) is 9.86. The molecule has 2 heterocycles. The molecular formula is C78H64N4O8. The summed E-state index contributed by atoms with van der Waals surface area (Å²) in [5.41, 5.74) is 4.55. The van der Waals surface area contributed by atoms with Crippen LogP contribution in [-0.2, 0) is 21.7 Å². The number of carbonyl (C=O) groups excluding carboxylic acids is 4. The van der Waals surface area contributed by atoms with Gasteiger partial charge in [-0.05, 0) is 153 Å². The molecule has 4 amide bonds. The fraction of sp³-hybridized carbons (Fsp3) is 0.205. The molecule has 0 saturated heterocycles. The topological polar surface area (TPSA) is 159 Å². The van der Waals surface area contributed by atoms with E-state index in [4.69, 9.17) is 18.9 Å². The van der Waals surface area contributed by atoms with E-state index in [9.17, 15) is 10.5 Å². The van der Waals surface area contributed by atoms with Crippen molar-refractivity contribution < 1.29 is 38.1 Å². The second-order valence-electron chi connectivity index (χ2n) is 27.4. The van der Waals surface area contributed by atoms with Crippen LogP contribution in [0.1, 0.15) is 158 Å². The number of hydrogen-bond donors (Lipinski definition) is 0. The number of hydrogen-bond acceptors (Lipinski definition) is 10. The van der Waals surface area contributed by atoms with Crippen LogP contribution in [0.4, 0.5) is 11.4 Å². The number of amides is 4. The molecule has 13 rings (SSSR count). The van der Waals surface area contributed by atoms with E-state index in [2.05, 4.69) is 95.2 Å². The first kappa shape index (κ1) is 58.2. The zero-order chi connectivity index (χ0) is 63.7. The van der Waals surface area contributed by atoms with Crippen LogP contribution < -0.4 is 28.7 Å². The maximum absolute atomic E-state index is 15.8. The molecule has 0 aromatic heterocycles. The number of rotatable bonds is 10. The van der Waals surface area contributed by atoms with Gasteiger partial charge >= 0.3 is 0 Å². The predicted octanol–water partition coefficient (Wildman–Crippen LogP) is 19.4. The van der Waals surface area contributed by atoms with E-state index in [0.717, 1.165) is 32.1 Å². The third-order valence-corrected chi connectivity index (χ3v) is 17.2. The van der Waals surface area contributed by atoms with E-state index in [1.54, 1.807) is 60.7 Å². The number of nitriles is 2. The van der Waals surface area contributed by atoms with E-state index in [1.807, 2.05) is 97.1 Å². The summed E-state index contributed by atoms with van der Waals surface area (Å²) in [6, 6.07) is 54.4. The molecule has 2 aliphatic heterocycles. The third-order valence-electron chi connectivity index (χ3n) is 17.2. The Morgan fingerprint density at radius 1 is 0.300 bits per heavy atom. The van der Waals surface area contributed by atoms with Crippen molar-refractivity contribution in [3.63, 3.8) is 0 Å². The van der Waals surface area contributed by atoms with Crippen LogP contribution in [0.25, 0.3) is 43.1 Å². The lowest BCUT2D eigenvalue weighted by Crippen LogP contribution is -2.40. The lowest BCUT2D eigenvalue weighted by atomic mass is 9.80. The van der Waals surface area contributed by atoms with Crippen molar-refractivity contribution in [1.29, 1.82) is 10.5 Å². The summed E-state index contributed by atoms with van der Waals surface area (Å²) >= 11 is 0. The lowest BCUT2D eigenvalue weighted by Gasteiger charge is -2.32. The van der Waals surface area contributed by atoms with Crippen LogP contribution in [-0.4, -0.2) is 23.6 Å². The van der Waals surface area contributed by atoms with Gasteiger partial charge in [0.2, 0.25) is 0 Å². The maximum Gasteiger partial charge on any atom is 0.266 e. The molecule has 0 N–H and O–H groups in total. The second kappa shape index (κ2) is 20.9. The highest BCUT2D eigenvalue weighted by atomic mass is 16.5. The summed E-state index contributed by atoms with van der Waals surface area (Å²) in [7, 11) is 0. The summed E-state index contributed by atoms with van der Waals surface area (Å²) in [6.07, 6.45) is 0. The van der Waals surface area contributed by atoms with Gasteiger partial charge < -0.3 is 18.9 Å². The van der Waals surface area contributed by atoms with Crippen LogP contribution in [0.5, 0.6) is 46.0 Å². The maximum atomic E-state index is 15.8. The molecule has 0 atom stereocenters. The van der Waals surface area contributed by atoms with Crippen molar-refractivity contribution in [2.24, 2.45) is 0 Å². The second-order valence-corrected chi connectivity index (χ2v) is 27.4. The fourth-order valence-corrected chi connectivity index (χ4v) is 12.3. The first-order valence-corrected chi connectivity index (χ1v) is 30.0. The van der Waals surface area contributed by atoms with Crippen molar-refractivity contribution in [3.8, 4) is 58.1 Å². The van der Waals surface area contributed by atoms with Crippen LogP contribution in [0.15, 0.2) is 170 Å². The average molecular weight is 1190 g/mol. The van der Waals surface area contributed by atoms with Gasteiger partial charge in [0, 0.05) is 43.1 Å². The molecule has 0 fully saturated rings. The Morgan fingerprint density at radius 3 is 0.744 bits per heavy atom. The number of nitrogens with zero attached hydrogens (tertiary/aromatic N) is 4. The fourth-order valence-electron chi connectivity index (χ4n) is 12.3. The molecule has 2 aliphatic rings. The van der Waals surface area contributed by atoms with E-state index in [-0.39, 0.29) is 100 Å². The van der Waals surface area contributed by atoms with Gasteiger partial charge in [0.05, 0.1) is 56.9 Å². The van der Waals surface area contributed by atoms with Gasteiger partial charge in [-0.1, -0.05) is 144 Å². The van der Waals surface area contributed by atoms with Crippen LogP contribution >= 0.6 is 0 Å². The summed E-state index contributed by atoms with van der Waals surface area (Å²) in [5.74, 6) is -0.432. The molecule has 90 heavy (non-hydrogen) atoms. The zero-order valence-electron chi connectivity index (χ0n) is 52.2. The standard InChI is InChI=1S/C78H64N4O8/c1-75(2,3)45-19-27-51(28-20-45)87-59-37-55-63-56(72(84)81(71(55)83)49-17-13-15-43(35-49)41-79)39-61(89-53-31-23-47(24-32-53)77(7,8)9)67-68-62(90-54-33-25-48(26-34-54)78(10,11)12)40-58-64-57(73(85)82(74(58)86)50-18-14-16-44(36-50)42-80)38-60(66(70(64)68)65(59)69(63)67)88-52-29-21-46(22-30-52)76(4,5)6/h13-40H,1-12H3. The quantitative estimate of drug-likeness (QED) is 0.0733. The SMILES string of the molecule is CC(C)(C)c1ccc(Oc2cc3c4c(cc(Oc5ccc(C(C)(C)C)cc5)c5c6c(Oc7ccc(C(C)(C)C)cc7)cc7c8c(cc(Oc9ccc(C(C)(C)C)cc9)c(c2c45)c86)C(=O)N(c2cccc(C#N)c2)C7=O)C(=O)N(c2cccc(C#N)c2)C3=O)cc1. The van der Waals surface area contributed by atoms with Gasteiger partial charge in [0.1, 0.15) is 46.0 Å². The van der Waals surface area contributed by atoms with Crippen LogP contribution in [0.2, 0.25) is 0 Å². The molecule has 0 bridgehead atoms. The molecule has 0 unspecified atom stereocenters. The van der Waals surface area contributed by atoms with E-state index in [1.165, 1.54) is 12.1 Å². The minimum Gasteiger partial charge on any atom is -0.457 e. The molecule has 11 aromatic rings. The Bertz CT molecular complexity index is 4380. The largest absolute Gasteiger partial charge is 0.457 e. The monoisotopic (exact) mass is 1180 g/mol. The Hall–Kier alpha value is -10.8. The number of ether oxygens (including phenoxy) is 4. The summed E-state index contributed by atoms with van der Waals surface area (Å²) in [5, 5.41) is 23.0. The molecular weight excluding hydrogens is 1120 g/mol. The van der Waals surface area contributed by atoms with Crippen molar-refractivity contribution in [1.82, 2.24) is 0 Å². The molecule has 0 spiro atoms. The lowest BCUT2D eigenvalue weighted by molar-refractivity contribution is 0.0877. The van der Waals surface area contributed by atoms with Crippen molar-refractivity contribution in [2.45, 2.75) is 105 Å². The highest BCUT2D eigenvalue weighted by Gasteiger charge is 2.43. The van der Waals surface area contributed by atoms with Crippen molar-refractivity contribution in [2.75, 3.05) is 9.80 Å². The number of imide groups is 2. The zero-order valence-corrected chi connectivity index (χ0v) is 52.2. The number of benzene rings is 11. The Balaban J connectivity index is 1.24. The number of fused-ring (bicyclic) bond motifs is 2. The van der Waals surface area contributed by atoms with Crippen molar-refractivity contribution in [3.05, 3.63) is 225 Å². The molecule has 0 radical (unpaired) electrons. The van der Waals surface area contributed by atoms with E-state index in [0.29, 0.717) is 55.3 Å². The Labute approximate surface area is 522 Å².